The third-order valence-electron chi connectivity index (χ3n) is 6.52. The number of carbonyl (C=O) groups is 4. The molecule has 3 aromatic rings. The number of hydrogen-bond donors (Lipinski definition) is 8. The number of nitrogens with one attached hydrogen (secondary N) is 4. The summed E-state index contributed by atoms with van der Waals surface area (Å²) in [6.45, 7) is 0.704. The molecule has 0 aliphatic carbocycles. The Kier molecular flexibility index (Phi) is 11.8. The van der Waals surface area contributed by atoms with Crippen LogP contribution in [0.3, 0.4) is 0 Å². The molecule has 0 atom stereocenters. The van der Waals surface area contributed by atoms with Gasteiger partial charge in [0.1, 0.15) is 17.2 Å². The van der Waals surface area contributed by atoms with Gasteiger partial charge in [-0.1, -0.05) is 0 Å². The minimum atomic E-state index is -1.23. The van der Waals surface area contributed by atoms with Crippen LogP contribution in [0, 0.1) is 0 Å². The normalized spacial score (nSPS) is 13.1. The van der Waals surface area contributed by atoms with Crippen LogP contribution < -0.4 is 48.3 Å². The van der Waals surface area contributed by atoms with Crippen molar-refractivity contribution < 1.29 is 38.9 Å². The lowest BCUT2D eigenvalue weighted by Gasteiger charge is -2.16. The molecule has 0 radical (unpaired) electrons. The largest absolute Gasteiger partial charge is 0.494 e. The first-order chi connectivity index (χ1) is 23.6. The first kappa shape index (κ1) is 34.9. The minimum Gasteiger partial charge on any atom is -0.494 e. The predicted octanol–water partition coefficient (Wildman–Crippen LogP) is 0.0491. The van der Waals surface area contributed by atoms with Crippen molar-refractivity contribution in [2.45, 2.75) is 12.8 Å². The fraction of sp³-hybridized carbons (Fsp3) is 0.172. The number of amidine groups is 1. The van der Waals surface area contributed by atoms with Gasteiger partial charge in [-0.25, -0.2) is 15.1 Å². The van der Waals surface area contributed by atoms with Gasteiger partial charge in [-0.15, -0.1) is 20.8 Å². The number of unbranched alkanes of at least 4 members (excludes halogenated alkanes) is 1. The summed E-state index contributed by atoms with van der Waals surface area (Å²) in [4.78, 5) is 46.7. The van der Waals surface area contributed by atoms with E-state index in [1.54, 1.807) is 31.3 Å². The molecule has 256 valence electrons. The van der Waals surface area contributed by atoms with Crippen LogP contribution in [-0.2, 0) is 4.79 Å². The van der Waals surface area contributed by atoms with Crippen LogP contribution in [0.2, 0.25) is 0 Å². The van der Waals surface area contributed by atoms with Gasteiger partial charge in [0.05, 0.1) is 35.7 Å². The quantitative estimate of drug-likeness (QED) is 0.0514. The van der Waals surface area contributed by atoms with Crippen LogP contribution >= 0.6 is 0 Å². The third kappa shape index (κ3) is 9.29. The highest BCUT2D eigenvalue weighted by Gasteiger charge is 2.23. The molecule has 2 aliphatic rings. The lowest BCUT2D eigenvalue weighted by molar-refractivity contribution is -0.110. The van der Waals surface area contributed by atoms with Crippen molar-refractivity contribution in [1.29, 1.82) is 0 Å². The molecule has 20 nitrogen and oxygen atoms in total. The molecule has 3 heterocycles. The molecule has 0 saturated carbocycles. The second kappa shape index (κ2) is 16.6. The molecule has 5 rings (SSSR count). The number of aromatic nitrogens is 2. The van der Waals surface area contributed by atoms with E-state index >= 15 is 0 Å². The van der Waals surface area contributed by atoms with Gasteiger partial charge >= 0.3 is 11.9 Å². The van der Waals surface area contributed by atoms with Crippen molar-refractivity contribution in [1.82, 2.24) is 26.1 Å². The van der Waals surface area contributed by atoms with E-state index in [1.165, 1.54) is 41.5 Å². The summed E-state index contributed by atoms with van der Waals surface area (Å²) < 4.78 is 11.3. The molecule has 0 unspecified atom stereocenters. The number of nitrogens with zero attached hydrogens (tertiary/aromatic N) is 6. The molecule has 2 aromatic carbocycles. The number of carboxylic acid groups (broad SMARTS) is 2. The number of carboxylic acids is 2. The third-order valence-corrected chi connectivity index (χ3v) is 6.52. The second-order valence-corrected chi connectivity index (χ2v) is 9.77. The Morgan fingerprint density at radius 3 is 2.29 bits per heavy atom. The predicted molar refractivity (Wildman–Crippen MR) is 175 cm³/mol. The van der Waals surface area contributed by atoms with Gasteiger partial charge in [0, 0.05) is 13.1 Å². The smallest absolute Gasteiger partial charge is 0.337 e. The number of nitrogen functional groups attached to an aromatic ring is 1. The zero-order valence-electron chi connectivity index (χ0n) is 25.9. The highest BCUT2D eigenvalue weighted by Crippen LogP contribution is 2.24. The van der Waals surface area contributed by atoms with E-state index in [0.717, 1.165) is 4.79 Å². The van der Waals surface area contributed by atoms with Crippen LogP contribution in [0.15, 0.2) is 76.0 Å². The minimum absolute atomic E-state index is 0.0547. The van der Waals surface area contributed by atoms with Gasteiger partial charge in [0.2, 0.25) is 0 Å². The molecule has 0 saturated heterocycles. The van der Waals surface area contributed by atoms with E-state index in [4.69, 9.17) is 21.2 Å². The first-order valence-corrected chi connectivity index (χ1v) is 14.3. The number of nitrogens with two attached hydrogens (primary N) is 2. The maximum Gasteiger partial charge on any atom is 0.337 e. The Labute approximate surface area is 277 Å². The number of rotatable bonds is 13. The average Bonchev–Trinajstić information content (AvgIpc) is 3.58. The number of fused-ring (bicyclic) bond motifs is 1. The number of hydrazone groups is 2. The number of hydrazine groups is 2. The summed E-state index contributed by atoms with van der Waals surface area (Å²) in [6, 6.07) is 12.0. The number of anilines is 2. The molecule has 10 N–H and O–H groups in total. The summed E-state index contributed by atoms with van der Waals surface area (Å²) >= 11 is 0. The maximum atomic E-state index is 12.6. The van der Waals surface area contributed by atoms with Crippen LogP contribution in [0.4, 0.5) is 11.4 Å². The van der Waals surface area contributed by atoms with E-state index in [0.29, 0.717) is 60.9 Å². The maximum absolute atomic E-state index is 12.6. The van der Waals surface area contributed by atoms with Crippen molar-refractivity contribution in [3.63, 3.8) is 0 Å². The van der Waals surface area contributed by atoms with E-state index in [9.17, 15) is 29.4 Å². The Balaban J connectivity index is 0.000000418. The van der Waals surface area contributed by atoms with Gasteiger partial charge in [-0.2, -0.15) is 15.0 Å². The van der Waals surface area contributed by atoms with Crippen molar-refractivity contribution in [3.8, 4) is 11.5 Å². The molecular weight excluding hydrogens is 644 g/mol. The SMILES string of the molecule is CNc1cc(OCCCCOc2ccc(NC(=O)C3=NN4NNN=C4C=C3)c(C(=O)O)c2)ccc1C(=O)O.N/N=c1/ccc(C=O)nn1N. The van der Waals surface area contributed by atoms with Gasteiger partial charge < -0.3 is 42.0 Å². The number of carbonyl (C=O) groups excluding carboxylic acids is 2. The number of amides is 1. The van der Waals surface area contributed by atoms with E-state index in [2.05, 4.69) is 42.1 Å². The Bertz CT molecular complexity index is 1890. The standard InChI is InChI=1S/C24H25N7O7.C5H7N5O/c1-25-20-13-15(4-6-16(20)23(33)34)38-11-3-2-10-37-14-5-7-18(17(12-14)24(35)36)26-22(32)19-8-9-21-27-29-30-31(21)28-19;6-8-5-2-1-4(3-11)9-10(5)7/h4-9,12-13,25,29-30H,2-3,10-11H2,1H3,(H,26,32)(H,33,34)(H,35,36);1-3H,6-7H2/b;8-5-. The molecule has 49 heavy (non-hydrogen) atoms. The summed E-state index contributed by atoms with van der Waals surface area (Å²) in [5.41, 5.74) is 6.29. The molecule has 0 spiro atoms. The molecular formula is C29H32N12O8. The average molecular weight is 677 g/mol. The number of hydrogen-bond acceptors (Lipinski definition) is 16. The zero-order valence-corrected chi connectivity index (χ0v) is 25.9. The fourth-order valence-electron chi connectivity index (χ4n) is 4.12. The van der Waals surface area contributed by atoms with Crippen molar-refractivity contribution in [2.75, 3.05) is 36.7 Å². The summed E-state index contributed by atoms with van der Waals surface area (Å²) in [5.74, 6) is 8.73. The Morgan fingerprint density at radius 2 is 1.65 bits per heavy atom. The van der Waals surface area contributed by atoms with Crippen molar-refractivity contribution in [2.24, 2.45) is 21.1 Å². The number of aldehydes is 1. The van der Waals surface area contributed by atoms with Gasteiger partial charge in [0.15, 0.2) is 23.3 Å². The molecule has 2 aliphatic heterocycles. The molecule has 0 bridgehead atoms. The lowest BCUT2D eigenvalue weighted by atomic mass is 10.1. The van der Waals surface area contributed by atoms with Crippen molar-refractivity contribution in [3.05, 3.63) is 83.0 Å². The van der Waals surface area contributed by atoms with E-state index in [1.807, 2.05) is 0 Å². The summed E-state index contributed by atoms with van der Waals surface area (Å²) in [5, 5.41) is 40.3. The van der Waals surface area contributed by atoms with Crippen molar-refractivity contribution >= 4 is 47.1 Å². The van der Waals surface area contributed by atoms with Crippen LogP contribution in [0.5, 0.6) is 11.5 Å². The van der Waals surface area contributed by atoms with E-state index in [-0.39, 0.29) is 28.2 Å². The topological polar surface area (TPSA) is 285 Å². The van der Waals surface area contributed by atoms with Gasteiger partial charge in [-0.3, -0.25) is 9.59 Å². The molecule has 1 amide bonds. The van der Waals surface area contributed by atoms with E-state index < -0.39 is 17.8 Å². The monoisotopic (exact) mass is 676 g/mol. The van der Waals surface area contributed by atoms with Gasteiger partial charge in [-0.05, 0) is 67.5 Å². The molecule has 0 fully saturated rings. The van der Waals surface area contributed by atoms with Crippen LogP contribution in [0.25, 0.3) is 0 Å². The summed E-state index contributed by atoms with van der Waals surface area (Å²) in [6.07, 6.45) is 4.90. The van der Waals surface area contributed by atoms with Crippen LogP contribution in [-0.4, -0.2) is 81.2 Å². The molecule has 1 aromatic heterocycles. The number of ether oxygens (including phenoxy) is 2. The fourth-order valence-corrected chi connectivity index (χ4v) is 4.12. The van der Waals surface area contributed by atoms with Gasteiger partial charge in [0.25, 0.3) is 5.91 Å². The first-order valence-electron chi connectivity index (χ1n) is 14.3. The molecule has 20 heteroatoms. The lowest BCUT2D eigenvalue weighted by Crippen LogP contribution is -2.40. The van der Waals surface area contributed by atoms with Crippen LogP contribution in [0.1, 0.15) is 44.0 Å². The number of aromatic carboxylic acids is 2. The zero-order chi connectivity index (χ0) is 35.3. The Hall–Kier alpha value is -6.96. The highest BCUT2D eigenvalue weighted by atomic mass is 16.5. The second-order valence-electron chi connectivity index (χ2n) is 9.77. The summed E-state index contributed by atoms with van der Waals surface area (Å²) in [7, 11) is 1.64. The highest BCUT2D eigenvalue weighted by molar-refractivity contribution is 6.48. The number of benzene rings is 2. The Morgan fingerprint density at radius 1 is 0.959 bits per heavy atom.